The molecule has 1 heterocycles. The van der Waals surface area contributed by atoms with E-state index in [2.05, 4.69) is 20.9 Å². The molecule has 0 saturated heterocycles. The lowest BCUT2D eigenvalue weighted by Gasteiger charge is -2.12. The van der Waals surface area contributed by atoms with Gasteiger partial charge in [-0.3, -0.25) is 4.57 Å². The molecule has 0 fully saturated rings. The van der Waals surface area contributed by atoms with Gasteiger partial charge < -0.3 is 0 Å². The van der Waals surface area contributed by atoms with E-state index in [9.17, 15) is 0 Å². The van der Waals surface area contributed by atoms with Gasteiger partial charge in [-0.2, -0.15) is 0 Å². The topological polar surface area (TPSA) is 17.8 Å². The van der Waals surface area contributed by atoms with E-state index in [1.54, 1.807) is 12.1 Å². The van der Waals surface area contributed by atoms with Crippen LogP contribution in [0.1, 0.15) is 18.1 Å². The van der Waals surface area contributed by atoms with E-state index in [4.69, 9.17) is 34.8 Å². The molecule has 2 aromatic carbocycles. The standard InChI is InChI=1S/C15H10BrCl3N2/c1-8(17)15-20-12-4-2-9(16)6-14(12)21(15)13-5-3-10(18)7-11(13)19/h2-8H,1H3. The van der Waals surface area contributed by atoms with Crippen molar-refractivity contribution in [3.05, 3.63) is 56.7 Å². The van der Waals surface area contributed by atoms with Crippen molar-refractivity contribution in [2.75, 3.05) is 0 Å². The third kappa shape index (κ3) is 2.80. The van der Waals surface area contributed by atoms with E-state index in [1.165, 1.54) is 0 Å². The Morgan fingerprint density at radius 1 is 1.14 bits per heavy atom. The fraction of sp³-hybridized carbons (Fsp3) is 0.133. The number of imidazole rings is 1. The van der Waals surface area contributed by atoms with Gasteiger partial charge in [-0.15, -0.1) is 11.6 Å². The Balaban J connectivity index is 2.38. The second-order valence-corrected chi connectivity index (χ2v) is 7.06. The number of hydrogen-bond donors (Lipinski definition) is 0. The largest absolute Gasteiger partial charge is 0.294 e. The molecule has 0 N–H and O–H groups in total. The molecular formula is C15H10BrCl3N2. The van der Waals surface area contributed by atoms with Gasteiger partial charge in [0.2, 0.25) is 0 Å². The fourth-order valence-electron chi connectivity index (χ4n) is 2.25. The van der Waals surface area contributed by atoms with E-state index < -0.39 is 0 Å². The molecule has 0 radical (unpaired) electrons. The number of hydrogen-bond acceptors (Lipinski definition) is 1. The van der Waals surface area contributed by atoms with E-state index in [0.29, 0.717) is 10.0 Å². The smallest absolute Gasteiger partial charge is 0.132 e. The summed E-state index contributed by atoms with van der Waals surface area (Å²) in [5.41, 5.74) is 2.62. The Bertz CT molecular complexity index is 827. The molecule has 2 nitrogen and oxygen atoms in total. The van der Waals surface area contributed by atoms with Crippen LogP contribution in [0.4, 0.5) is 0 Å². The van der Waals surface area contributed by atoms with Gasteiger partial charge >= 0.3 is 0 Å². The summed E-state index contributed by atoms with van der Waals surface area (Å²) < 4.78 is 2.94. The van der Waals surface area contributed by atoms with Gasteiger partial charge in [0.15, 0.2) is 0 Å². The number of fused-ring (bicyclic) bond motifs is 1. The van der Waals surface area contributed by atoms with Gasteiger partial charge in [-0.05, 0) is 43.3 Å². The van der Waals surface area contributed by atoms with Crippen molar-refractivity contribution in [3.8, 4) is 5.69 Å². The first kappa shape index (κ1) is 15.2. The van der Waals surface area contributed by atoms with Gasteiger partial charge in [0.25, 0.3) is 0 Å². The van der Waals surface area contributed by atoms with Crippen molar-refractivity contribution in [1.82, 2.24) is 9.55 Å². The minimum absolute atomic E-state index is 0.247. The minimum atomic E-state index is -0.247. The van der Waals surface area contributed by atoms with Crippen molar-refractivity contribution in [2.45, 2.75) is 12.3 Å². The quantitative estimate of drug-likeness (QED) is 0.452. The third-order valence-corrected chi connectivity index (χ3v) is 4.38. The second-order valence-electron chi connectivity index (χ2n) is 4.65. The predicted octanol–water partition coefficient (Wildman–Crippen LogP) is 6.39. The molecule has 0 aliphatic heterocycles. The second kappa shape index (κ2) is 5.81. The van der Waals surface area contributed by atoms with Crippen LogP contribution < -0.4 is 0 Å². The number of alkyl halides is 1. The van der Waals surface area contributed by atoms with Crippen molar-refractivity contribution < 1.29 is 0 Å². The molecule has 3 rings (SSSR count). The zero-order chi connectivity index (χ0) is 15.1. The molecule has 0 bridgehead atoms. The number of rotatable bonds is 2. The monoisotopic (exact) mass is 402 g/mol. The van der Waals surface area contributed by atoms with Crippen molar-refractivity contribution >= 4 is 61.8 Å². The van der Waals surface area contributed by atoms with Gasteiger partial charge in [0, 0.05) is 9.50 Å². The summed E-state index contributed by atoms with van der Waals surface area (Å²) in [7, 11) is 0. The van der Waals surface area contributed by atoms with E-state index in [-0.39, 0.29) is 5.38 Å². The number of aromatic nitrogens is 2. The Labute approximate surface area is 145 Å². The molecule has 3 aromatic rings. The van der Waals surface area contributed by atoms with Crippen LogP contribution in [0.25, 0.3) is 16.7 Å². The Hall–Kier alpha value is -0.740. The zero-order valence-corrected chi connectivity index (χ0v) is 14.8. The lowest BCUT2D eigenvalue weighted by molar-refractivity contribution is 0.882. The SMILES string of the molecule is CC(Cl)c1nc2ccc(Br)cc2n1-c1ccc(Cl)cc1Cl. The summed E-state index contributed by atoms with van der Waals surface area (Å²) in [4.78, 5) is 4.61. The first-order chi connectivity index (χ1) is 9.97. The maximum Gasteiger partial charge on any atom is 0.132 e. The van der Waals surface area contributed by atoms with Gasteiger partial charge in [0.05, 0.1) is 27.1 Å². The summed E-state index contributed by atoms with van der Waals surface area (Å²) in [6, 6.07) is 11.3. The molecule has 0 saturated carbocycles. The van der Waals surface area contributed by atoms with Crippen LogP contribution in [-0.4, -0.2) is 9.55 Å². The van der Waals surface area contributed by atoms with Crippen molar-refractivity contribution in [2.24, 2.45) is 0 Å². The first-order valence-electron chi connectivity index (χ1n) is 6.25. The molecule has 0 aliphatic rings. The number of benzene rings is 2. The molecule has 1 aromatic heterocycles. The van der Waals surface area contributed by atoms with Crippen LogP contribution in [0, 0.1) is 0 Å². The lowest BCUT2D eigenvalue weighted by Crippen LogP contribution is -2.02. The summed E-state index contributed by atoms with van der Waals surface area (Å²) in [5, 5.41) is 0.901. The highest BCUT2D eigenvalue weighted by molar-refractivity contribution is 9.10. The summed E-state index contributed by atoms with van der Waals surface area (Å²) >= 11 is 22.1. The molecule has 0 amide bonds. The average molecular weight is 405 g/mol. The number of halogens is 4. The molecule has 6 heteroatoms. The first-order valence-corrected chi connectivity index (χ1v) is 8.23. The maximum atomic E-state index is 6.35. The fourth-order valence-corrected chi connectivity index (χ4v) is 3.24. The average Bonchev–Trinajstić information content (AvgIpc) is 2.77. The minimum Gasteiger partial charge on any atom is -0.294 e. The molecule has 1 atom stereocenters. The molecule has 0 spiro atoms. The van der Waals surface area contributed by atoms with Gasteiger partial charge in [0.1, 0.15) is 5.82 Å². The maximum absolute atomic E-state index is 6.35. The summed E-state index contributed by atoms with van der Waals surface area (Å²) in [6.45, 7) is 1.89. The van der Waals surface area contributed by atoms with Gasteiger partial charge in [-0.25, -0.2) is 4.98 Å². The Morgan fingerprint density at radius 2 is 1.90 bits per heavy atom. The molecule has 21 heavy (non-hydrogen) atoms. The number of nitrogens with zero attached hydrogens (tertiary/aromatic N) is 2. The molecule has 108 valence electrons. The van der Waals surface area contributed by atoms with E-state index in [1.807, 2.05) is 35.8 Å². The van der Waals surface area contributed by atoms with Crippen LogP contribution in [0.5, 0.6) is 0 Å². The van der Waals surface area contributed by atoms with Crippen LogP contribution in [0.15, 0.2) is 40.9 Å². The van der Waals surface area contributed by atoms with E-state index in [0.717, 1.165) is 27.0 Å². The van der Waals surface area contributed by atoms with E-state index >= 15 is 0 Å². The highest BCUT2D eigenvalue weighted by Gasteiger charge is 2.18. The van der Waals surface area contributed by atoms with Crippen molar-refractivity contribution in [1.29, 1.82) is 0 Å². The highest BCUT2D eigenvalue weighted by Crippen LogP contribution is 2.33. The lowest BCUT2D eigenvalue weighted by atomic mass is 10.2. The molecular weight excluding hydrogens is 394 g/mol. The molecule has 0 aliphatic carbocycles. The van der Waals surface area contributed by atoms with Crippen LogP contribution in [-0.2, 0) is 0 Å². The summed E-state index contributed by atoms with van der Waals surface area (Å²) in [5.74, 6) is 0.744. The summed E-state index contributed by atoms with van der Waals surface area (Å²) in [6.07, 6.45) is 0. The Morgan fingerprint density at radius 3 is 2.57 bits per heavy atom. The van der Waals surface area contributed by atoms with Crippen LogP contribution in [0.3, 0.4) is 0 Å². The Kier molecular flexibility index (Phi) is 4.19. The van der Waals surface area contributed by atoms with Crippen molar-refractivity contribution in [3.63, 3.8) is 0 Å². The van der Waals surface area contributed by atoms with Crippen LogP contribution >= 0.6 is 50.7 Å². The van der Waals surface area contributed by atoms with Gasteiger partial charge in [-0.1, -0.05) is 39.1 Å². The predicted molar refractivity (Wildman–Crippen MR) is 93.1 cm³/mol. The van der Waals surface area contributed by atoms with Crippen LogP contribution in [0.2, 0.25) is 10.0 Å². The normalized spacial score (nSPS) is 12.8. The third-order valence-electron chi connectivity index (χ3n) is 3.15. The highest BCUT2D eigenvalue weighted by atomic mass is 79.9. The zero-order valence-electron chi connectivity index (χ0n) is 10.9. The molecule has 1 unspecified atom stereocenters.